The van der Waals surface area contributed by atoms with Gasteiger partial charge in [0.15, 0.2) is 0 Å². The number of hydrogen-bond acceptors (Lipinski definition) is 3. The van der Waals surface area contributed by atoms with Crippen molar-refractivity contribution in [3.63, 3.8) is 0 Å². The fourth-order valence-corrected chi connectivity index (χ4v) is 2.58. The van der Waals surface area contributed by atoms with Crippen molar-refractivity contribution in [2.24, 2.45) is 0 Å². The van der Waals surface area contributed by atoms with Gasteiger partial charge in [-0.3, -0.25) is 9.88 Å². The second-order valence-corrected chi connectivity index (χ2v) is 5.67. The number of carbonyl (C=O) groups excluding carboxylic acids is 1. The van der Waals surface area contributed by atoms with Crippen LogP contribution >= 0.6 is 0 Å². The Morgan fingerprint density at radius 2 is 2.08 bits per heavy atom. The minimum Gasteiger partial charge on any atom is -0.447 e. The Kier molecular flexibility index (Phi) is 4.42. The van der Waals surface area contributed by atoms with Crippen LogP contribution in [0.2, 0.25) is 0 Å². The second kappa shape index (κ2) is 6.51. The number of alkyl halides is 2. The summed E-state index contributed by atoms with van der Waals surface area (Å²) in [6, 6.07) is 5.26. The van der Waals surface area contributed by atoms with E-state index in [1.54, 1.807) is 17.2 Å². The normalized spacial score (nSPS) is 17.5. The summed E-state index contributed by atoms with van der Waals surface area (Å²) in [5.41, 5.74) is 1.11. The van der Waals surface area contributed by atoms with Crippen LogP contribution in [-0.4, -0.2) is 28.6 Å². The lowest BCUT2D eigenvalue weighted by molar-refractivity contribution is 0.146. The van der Waals surface area contributed by atoms with Gasteiger partial charge in [-0.1, -0.05) is 6.07 Å². The van der Waals surface area contributed by atoms with Crippen molar-refractivity contribution in [2.75, 3.05) is 6.61 Å². The number of benzene rings is 1. The van der Waals surface area contributed by atoms with Gasteiger partial charge in [-0.15, -0.1) is 0 Å². The number of rotatable bonds is 4. The lowest BCUT2D eigenvalue weighted by Gasteiger charge is -2.18. The second-order valence-electron chi connectivity index (χ2n) is 5.67. The zero-order valence-corrected chi connectivity index (χ0v) is 12.9. The zero-order chi connectivity index (χ0) is 17.3. The molecule has 0 unspecified atom stereocenters. The van der Waals surface area contributed by atoms with Gasteiger partial charge in [0.2, 0.25) is 0 Å². The molecule has 126 valence electrons. The highest BCUT2D eigenvalue weighted by atomic mass is 19.3. The molecule has 1 aromatic carbocycles. The standard InChI is InChI=1S/C17H15F3N2O2/c1-10-9-24-17(23)22(10)8-11-4-13(7-21-6-11)12-2-3-15(18)14(5-12)16(19)20/h2-7,10,16H,8-9H2,1H3/t10-/m1/s1. The van der Waals surface area contributed by atoms with Gasteiger partial charge >= 0.3 is 6.09 Å². The van der Waals surface area contributed by atoms with Crippen LogP contribution in [0, 0.1) is 5.82 Å². The Labute approximate surface area is 136 Å². The van der Waals surface area contributed by atoms with E-state index in [9.17, 15) is 18.0 Å². The summed E-state index contributed by atoms with van der Waals surface area (Å²) in [7, 11) is 0. The first-order valence-electron chi connectivity index (χ1n) is 7.41. The van der Waals surface area contributed by atoms with Crippen molar-refractivity contribution in [3.8, 4) is 11.1 Å². The third-order valence-corrected chi connectivity index (χ3v) is 3.93. The first-order chi connectivity index (χ1) is 11.5. The van der Waals surface area contributed by atoms with E-state index in [1.807, 2.05) is 6.92 Å². The van der Waals surface area contributed by atoms with Crippen LogP contribution in [0.4, 0.5) is 18.0 Å². The van der Waals surface area contributed by atoms with E-state index in [0.29, 0.717) is 24.3 Å². The van der Waals surface area contributed by atoms with Gasteiger partial charge in [-0.05, 0) is 36.2 Å². The SMILES string of the molecule is C[C@@H]1COC(=O)N1Cc1cncc(-c2ccc(F)c(C(F)F)c2)c1. The van der Waals surface area contributed by atoms with Crippen molar-refractivity contribution in [1.29, 1.82) is 0 Å². The average Bonchev–Trinajstić information content (AvgIpc) is 2.87. The molecule has 0 aliphatic carbocycles. The molecule has 0 bridgehead atoms. The summed E-state index contributed by atoms with van der Waals surface area (Å²) < 4.78 is 44.1. The predicted octanol–water partition coefficient (Wildman–Crippen LogP) is 4.17. The number of hydrogen-bond donors (Lipinski definition) is 0. The third kappa shape index (κ3) is 3.20. The Bertz CT molecular complexity index is 767. The van der Waals surface area contributed by atoms with Gasteiger partial charge < -0.3 is 4.74 Å². The fraction of sp³-hybridized carbons (Fsp3) is 0.294. The average molecular weight is 336 g/mol. The Morgan fingerprint density at radius 3 is 2.75 bits per heavy atom. The predicted molar refractivity (Wildman–Crippen MR) is 80.9 cm³/mol. The quantitative estimate of drug-likeness (QED) is 0.842. The molecule has 1 amide bonds. The molecule has 7 heteroatoms. The molecule has 0 spiro atoms. The van der Waals surface area contributed by atoms with E-state index in [0.717, 1.165) is 17.7 Å². The molecule has 1 atom stereocenters. The maximum absolute atomic E-state index is 13.4. The summed E-state index contributed by atoms with van der Waals surface area (Å²) in [6.45, 7) is 2.52. The van der Waals surface area contributed by atoms with E-state index in [1.165, 1.54) is 12.3 Å². The van der Waals surface area contributed by atoms with Crippen LogP contribution in [0.15, 0.2) is 36.7 Å². The topological polar surface area (TPSA) is 42.4 Å². The van der Waals surface area contributed by atoms with E-state index in [4.69, 9.17) is 4.74 Å². The molecule has 1 aromatic heterocycles. The fourth-order valence-electron chi connectivity index (χ4n) is 2.58. The van der Waals surface area contributed by atoms with Crippen molar-refractivity contribution >= 4 is 6.09 Å². The zero-order valence-electron chi connectivity index (χ0n) is 12.9. The monoisotopic (exact) mass is 336 g/mol. The molecule has 4 nitrogen and oxygen atoms in total. The van der Waals surface area contributed by atoms with Gasteiger partial charge in [0.25, 0.3) is 6.43 Å². The van der Waals surface area contributed by atoms with Gasteiger partial charge in [-0.2, -0.15) is 0 Å². The van der Waals surface area contributed by atoms with E-state index in [-0.39, 0.29) is 6.04 Å². The van der Waals surface area contributed by atoms with Crippen LogP contribution in [0.1, 0.15) is 24.5 Å². The molecular weight excluding hydrogens is 321 g/mol. The highest BCUT2D eigenvalue weighted by molar-refractivity contribution is 5.70. The summed E-state index contributed by atoms with van der Waals surface area (Å²) in [5.74, 6) is -0.938. The smallest absolute Gasteiger partial charge is 0.410 e. The number of ether oxygens (including phenoxy) is 1. The number of halogens is 3. The minimum absolute atomic E-state index is 0.0441. The molecule has 1 aliphatic rings. The molecule has 1 saturated heterocycles. The van der Waals surface area contributed by atoms with Gasteiger partial charge in [0, 0.05) is 18.0 Å². The lowest BCUT2D eigenvalue weighted by atomic mass is 10.0. The summed E-state index contributed by atoms with van der Waals surface area (Å²) in [4.78, 5) is 17.3. The van der Waals surface area contributed by atoms with Crippen LogP contribution in [0.5, 0.6) is 0 Å². The molecule has 2 heterocycles. The molecule has 0 N–H and O–H groups in total. The largest absolute Gasteiger partial charge is 0.447 e. The number of pyridine rings is 1. The number of amides is 1. The molecule has 3 rings (SSSR count). The van der Waals surface area contributed by atoms with Crippen LogP contribution in [0.3, 0.4) is 0 Å². The van der Waals surface area contributed by atoms with Crippen LogP contribution in [-0.2, 0) is 11.3 Å². The van der Waals surface area contributed by atoms with Gasteiger partial charge in [0.1, 0.15) is 12.4 Å². The highest BCUT2D eigenvalue weighted by Gasteiger charge is 2.29. The van der Waals surface area contributed by atoms with Gasteiger partial charge in [0.05, 0.1) is 18.2 Å². The van der Waals surface area contributed by atoms with E-state index < -0.39 is 23.9 Å². The Balaban J connectivity index is 1.88. The molecule has 0 radical (unpaired) electrons. The maximum Gasteiger partial charge on any atom is 0.410 e. The first kappa shape index (κ1) is 16.3. The molecule has 1 fully saturated rings. The van der Waals surface area contributed by atoms with Crippen LogP contribution in [0.25, 0.3) is 11.1 Å². The van der Waals surface area contributed by atoms with Crippen molar-refractivity contribution in [1.82, 2.24) is 9.88 Å². The molecular formula is C17H15F3N2O2. The molecule has 1 aliphatic heterocycles. The first-order valence-corrected chi connectivity index (χ1v) is 7.41. The summed E-state index contributed by atoms with van der Waals surface area (Å²) in [5, 5.41) is 0. The summed E-state index contributed by atoms with van der Waals surface area (Å²) >= 11 is 0. The van der Waals surface area contributed by atoms with Crippen molar-refractivity contribution < 1.29 is 22.7 Å². The summed E-state index contributed by atoms with van der Waals surface area (Å²) in [6.07, 6.45) is -0.173. The van der Waals surface area contributed by atoms with E-state index in [2.05, 4.69) is 4.98 Å². The Hall–Kier alpha value is -2.57. The number of aromatic nitrogens is 1. The Morgan fingerprint density at radius 1 is 1.29 bits per heavy atom. The van der Waals surface area contributed by atoms with Gasteiger partial charge in [-0.25, -0.2) is 18.0 Å². The van der Waals surface area contributed by atoms with Crippen LogP contribution < -0.4 is 0 Å². The number of nitrogens with zero attached hydrogens (tertiary/aromatic N) is 2. The lowest BCUT2D eigenvalue weighted by Crippen LogP contribution is -2.30. The highest BCUT2D eigenvalue weighted by Crippen LogP contribution is 2.28. The number of carbonyl (C=O) groups is 1. The van der Waals surface area contributed by atoms with E-state index >= 15 is 0 Å². The van der Waals surface area contributed by atoms with Crippen molar-refractivity contribution in [2.45, 2.75) is 25.9 Å². The maximum atomic E-state index is 13.4. The molecule has 2 aromatic rings. The molecule has 0 saturated carbocycles. The number of cyclic esters (lactones) is 1. The molecule has 24 heavy (non-hydrogen) atoms. The van der Waals surface area contributed by atoms with Crippen molar-refractivity contribution in [3.05, 3.63) is 53.6 Å². The third-order valence-electron chi connectivity index (χ3n) is 3.93. The minimum atomic E-state index is -2.89.